The van der Waals surface area contributed by atoms with Gasteiger partial charge in [0.15, 0.2) is 5.82 Å². The Morgan fingerprint density at radius 2 is 1.84 bits per heavy atom. The maximum absolute atomic E-state index is 6.14. The zero-order valence-corrected chi connectivity index (χ0v) is 17.3. The van der Waals surface area contributed by atoms with E-state index in [9.17, 15) is 0 Å². The first-order valence-electron chi connectivity index (χ1n) is 10.0. The Hall–Kier alpha value is -3.49. The van der Waals surface area contributed by atoms with Crippen LogP contribution in [0.3, 0.4) is 0 Å². The average molecular weight is 432 g/mol. The molecule has 31 heavy (non-hydrogen) atoms. The van der Waals surface area contributed by atoms with Crippen molar-refractivity contribution >= 4 is 39.5 Å². The van der Waals surface area contributed by atoms with Crippen LogP contribution >= 0.6 is 11.6 Å². The Morgan fingerprint density at radius 3 is 2.74 bits per heavy atom. The van der Waals surface area contributed by atoms with Gasteiger partial charge in [-0.1, -0.05) is 23.7 Å². The molecule has 3 aromatic heterocycles. The van der Waals surface area contributed by atoms with Gasteiger partial charge in [0.05, 0.1) is 24.2 Å². The lowest BCUT2D eigenvalue weighted by Gasteiger charge is -2.27. The minimum Gasteiger partial charge on any atom is -0.378 e. The Morgan fingerprint density at radius 1 is 0.968 bits per heavy atom. The maximum atomic E-state index is 6.14. The fourth-order valence-corrected chi connectivity index (χ4v) is 4.08. The lowest BCUT2D eigenvalue weighted by Crippen LogP contribution is -2.37. The molecule has 0 spiro atoms. The van der Waals surface area contributed by atoms with Gasteiger partial charge in [0, 0.05) is 40.8 Å². The van der Waals surface area contributed by atoms with Gasteiger partial charge in [-0.3, -0.25) is 4.57 Å². The number of halogens is 1. The van der Waals surface area contributed by atoms with Crippen LogP contribution in [0.2, 0.25) is 5.02 Å². The summed E-state index contributed by atoms with van der Waals surface area (Å²) in [4.78, 5) is 24.3. The Balaban J connectivity index is 1.57. The van der Waals surface area contributed by atoms with Gasteiger partial charge < -0.3 is 14.6 Å². The van der Waals surface area contributed by atoms with Crippen LogP contribution in [0.4, 0.5) is 5.95 Å². The highest BCUT2D eigenvalue weighted by molar-refractivity contribution is 6.31. The Bertz CT molecular complexity index is 1400. The topological polar surface area (TPSA) is 84.8 Å². The number of benzene rings is 2. The van der Waals surface area contributed by atoms with E-state index in [0.717, 1.165) is 40.6 Å². The standard InChI is InChI=1S/C22H18ClN7O/c23-14-4-5-19-18(12-14)25-13-30(19)22-27-20(16-2-1-3-17-15(16)6-7-24-17)26-21(28-22)29-8-10-31-11-9-29/h1-7,12-13,24H,8-11H2. The highest BCUT2D eigenvalue weighted by atomic mass is 35.5. The first kappa shape index (κ1) is 18.3. The van der Waals surface area contributed by atoms with E-state index in [0.29, 0.717) is 36.0 Å². The molecule has 1 aliphatic heterocycles. The van der Waals surface area contributed by atoms with Gasteiger partial charge in [0.2, 0.25) is 11.9 Å². The smallest absolute Gasteiger partial charge is 0.240 e. The molecule has 0 saturated carbocycles. The number of imidazole rings is 1. The van der Waals surface area contributed by atoms with Crippen LogP contribution in [0.1, 0.15) is 0 Å². The number of H-pyrrole nitrogens is 1. The second kappa shape index (κ2) is 7.33. The van der Waals surface area contributed by atoms with Crippen molar-refractivity contribution in [2.24, 2.45) is 0 Å². The highest BCUT2D eigenvalue weighted by Crippen LogP contribution is 2.28. The molecule has 1 aliphatic rings. The SMILES string of the molecule is Clc1ccc2c(c1)ncn2-c1nc(-c2cccc3[nH]ccc23)nc(N2CCOCC2)n1. The minimum absolute atomic E-state index is 0.517. The fourth-order valence-electron chi connectivity index (χ4n) is 3.91. The molecule has 1 N–H and O–H groups in total. The number of nitrogens with zero attached hydrogens (tertiary/aromatic N) is 6. The van der Waals surface area contributed by atoms with E-state index in [2.05, 4.69) is 14.9 Å². The third-order valence-electron chi connectivity index (χ3n) is 5.47. The third kappa shape index (κ3) is 3.20. The molecule has 1 fully saturated rings. The number of fused-ring (bicyclic) bond motifs is 2. The molecule has 0 aliphatic carbocycles. The van der Waals surface area contributed by atoms with Crippen molar-refractivity contribution in [3.63, 3.8) is 0 Å². The highest BCUT2D eigenvalue weighted by Gasteiger charge is 2.20. The number of anilines is 1. The molecule has 8 nitrogen and oxygen atoms in total. The van der Waals surface area contributed by atoms with Crippen LogP contribution < -0.4 is 4.90 Å². The number of aromatic amines is 1. The largest absolute Gasteiger partial charge is 0.378 e. The van der Waals surface area contributed by atoms with E-state index in [-0.39, 0.29) is 0 Å². The lowest BCUT2D eigenvalue weighted by atomic mass is 10.1. The van der Waals surface area contributed by atoms with Crippen LogP contribution in [-0.2, 0) is 4.74 Å². The van der Waals surface area contributed by atoms with Crippen molar-refractivity contribution in [1.29, 1.82) is 0 Å². The van der Waals surface area contributed by atoms with E-state index in [1.54, 1.807) is 6.33 Å². The summed E-state index contributed by atoms with van der Waals surface area (Å²) < 4.78 is 7.38. The number of hydrogen-bond acceptors (Lipinski definition) is 6. The van der Waals surface area contributed by atoms with Gasteiger partial charge in [0.25, 0.3) is 0 Å². The fraction of sp³-hybridized carbons (Fsp3) is 0.182. The molecule has 154 valence electrons. The third-order valence-corrected chi connectivity index (χ3v) is 5.70. The number of rotatable bonds is 3. The molecule has 4 heterocycles. The maximum Gasteiger partial charge on any atom is 0.240 e. The molecule has 2 aromatic carbocycles. The summed E-state index contributed by atoms with van der Waals surface area (Å²) in [5, 5.41) is 1.71. The summed E-state index contributed by atoms with van der Waals surface area (Å²) in [6.45, 7) is 2.77. The zero-order valence-electron chi connectivity index (χ0n) is 16.5. The van der Waals surface area contributed by atoms with Gasteiger partial charge >= 0.3 is 0 Å². The first-order valence-corrected chi connectivity index (χ1v) is 10.4. The summed E-state index contributed by atoms with van der Waals surface area (Å²) >= 11 is 6.14. The van der Waals surface area contributed by atoms with Gasteiger partial charge in [-0.25, -0.2) is 4.98 Å². The summed E-state index contributed by atoms with van der Waals surface area (Å²) in [6, 6.07) is 13.7. The predicted molar refractivity (Wildman–Crippen MR) is 120 cm³/mol. The summed E-state index contributed by atoms with van der Waals surface area (Å²) in [6.07, 6.45) is 3.65. The zero-order chi connectivity index (χ0) is 20.8. The van der Waals surface area contributed by atoms with E-state index in [1.165, 1.54) is 0 Å². The van der Waals surface area contributed by atoms with Crippen molar-refractivity contribution < 1.29 is 4.74 Å². The van der Waals surface area contributed by atoms with Crippen LogP contribution in [0.15, 0.2) is 55.0 Å². The molecule has 0 radical (unpaired) electrons. The molecular formula is C22H18ClN7O. The number of morpholine rings is 1. The molecule has 9 heteroatoms. The molecule has 0 unspecified atom stereocenters. The summed E-state index contributed by atoms with van der Waals surface area (Å²) in [5.74, 6) is 1.77. The molecule has 1 saturated heterocycles. The monoisotopic (exact) mass is 431 g/mol. The van der Waals surface area contributed by atoms with Gasteiger partial charge in [-0.2, -0.15) is 15.0 Å². The average Bonchev–Trinajstić information content (AvgIpc) is 3.46. The van der Waals surface area contributed by atoms with Crippen LogP contribution in [0.5, 0.6) is 0 Å². The summed E-state index contributed by atoms with van der Waals surface area (Å²) in [5.41, 5.74) is 3.66. The van der Waals surface area contributed by atoms with Gasteiger partial charge in [-0.15, -0.1) is 0 Å². The molecule has 5 aromatic rings. The first-order chi connectivity index (χ1) is 15.3. The van der Waals surface area contributed by atoms with Crippen LogP contribution in [0.25, 0.3) is 39.3 Å². The number of hydrogen-bond donors (Lipinski definition) is 1. The molecular weight excluding hydrogens is 414 g/mol. The second-order valence-electron chi connectivity index (χ2n) is 7.35. The van der Waals surface area contributed by atoms with Crippen molar-refractivity contribution in [1.82, 2.24) is 29.5 Å². The van der Waals surface area contributed by atoms with Gasteiger partial charge in [0.1, 0.15) is 6.33 Å². The molecule has 6 rings (SSSR count). The Labute approximate surface area is 182 Å². The van der Waals surface area contributed by atoms with Crippen molar-refractivity contribution in [2.75, 3.05) is 31.2 Å². The van der Waals surface area contributed by atoms with Crippen LogP contribution in [-0.4, -0.2) is 55.8 Å². The minimum atomic E-state index is 0.517. The van der Waals surface area contributed by atoms with Crippen molar-refractivity contribution in [2.45, 2.75) is 0 Å². The lowest BCUT2D eigenvalue weighted by molar-refractivity contribution is 0.122. The van der Waals surface area contributed by atoms with E-state index in [4.69, 9.17) is 31.3 Å². The van der Waals surface area contributed by atoms with E-state index >= 15 is 0 Å². The quantitative estimate of drug-likeness (QED) is 0.467. The van der Waals surface area contributed by atoms with Crippen molar-refractivity contribution in [3.8, 4) is 17.3 Å². The van der Waals surface area contributed by atoms with Crippen LogP contribution in [0, 0.1) is 0 Å². The number of aromatic nitrogens is 6. The molecule has 0 amide bonds. The molecule has 0 bridgehead atoms. The second-order valence-corrected chi connectivity index (χ2v) is 7.79. The predicted octanol–water partition coefficient (Wildman–Crippen LogP) is 3.85. The summed E-state index contributed by atoms with van der Waals surface area (Å²) in [7, 11) is 0. The molecule has 0 atom stereocenters. The number of ether oxygens (including phenoxy) is 1. The van der Waals surface area contributed by atoms with Crippen molar-refractivity contribution in [3.05, 3.63) is 60.0 Å². The van der Waals surface area contributed by atoms with E-state index in [1.807, 2.05) is 53.2 Å². The number of nitrogens with one attached hydrogen (secondary N) is 1. The normalized spacial score (nSPS) is 14.5. The van der Waals surface area contributed by atoms with Gasteiger partial charge in [-0.05, 0) is 30.3 Å². The van der Waals surface area contributed by atoms with E-state index < -0.39 is 0 Å². The Kier molecular flexibility index (Phi) is 4.33.